The van der Waals surface area contributed by atoms with Gasteiger partial charge in [-0.05, 0) is 38.1 Å². The summed E-state index contributed by atoms with van der Waals surface area (Å²) in [7, 11) is 0. The zero-order chi connectivity index (χ0) is 17.5. The van der Waals surface area contributed by atoms with E-state index in [1.165, 1.54) is 13.0 Å². The zero-order valence-electron chi connectivity index (χ0n) is 13.1. The topological polar surface area (TPSA) is 114 Å². The molecule has 8 nitrogen and oxygen atoms in total. The molecule has 1 amide bonds. The molecule has 1 N–H and O–H groups in total. The van der Waals surface area contributed by atoms with Gasteiger partial charge in [-0.3, -0.25) is 4.79 Å². The molecule has 1 aromatic heterocycles. The average molecular weight is 329 g/mol. The van der Waals surface area contributed by atoms with Crippen LogP contribution in [0.1, 0.15) is 18.2 Å². The van der Waals surface area contributed by atoms with Crippen molar-refractivity contribution in [2.45, 2.75) is 20.0 Å². The molecule has 1 heterocycles. The van der Waals surface area contributed by atoms with Crippen LogP contribution >= 0.6 is 0 Å². The summed E-state index contributed by atoms with van der Waals surface area (Å²) in [5, 5.41) is 14.7. The molecule has 0 radical (unpaired) electrons. The van der Waals surface area contributed by atoms with Crippen molar-refractivity contribution in [3.63, 3.8) is 0 Å². The highest BCUT2D eigenvalue weighted by atomic mass is 16.6. The lowest BCUT2D eigenvalue weighted by Crippen LogP contribution is -2.29. The maximum Gasteiger partial charge on any atom is 0.347 e. The Balaban J connectivity index is 1.78. The van der Waals surface area contributed by atoms with E-state index in [0.29, 0.717) is 17.1 Å². The van der Waals surface area contributed by atoms with E-state index in [-0.39, 0.29) is 5.82 Å². The Kier molecular flexibility index (Phi) is 5.52. The predicted molar refractivity (Wildman–Crippen MR) is 82.1 cm³/mol. The molecule has 124 valence electrons. The van der Waals surface area contributed by atoms with Gasteiger partial charge in [-0.1, -0.05) is 5.16 Å². The van der Waals surface area contributed by atoms with Crippen LogP contribution in [0, 0.1) is 18.3 Å². The van der Waals surface area contributed by atoms with Crippen molar-refractivity contribution in [2.24, 2.45) is 0 Å². The van der Waals surface area contributed by atoms with E-state index in [4.69, 9.17) is 19.3 Å². The maximum absolute atomic E-state index is 11.8. The minimum atomic E-state index is -0.903. The first-order valence-electron chi connectivity index (χ1n) is 7.04. The standard InChI is InChI=1S/C16H15N3O5/c1-10-7-14(19-24-10)18-15(20)9-22-16(21)11(2)23-13-5-3-12(8-17)4-6-13/h3-7,11H,9H2,1-2H3,(H,18,19,20)/t11-/m1/s1. The zero-order valence-corrected chi connectivity index (χ0v) is 13.1. The predicted octanol–water partition coefficient (Wildman–Crippen LogP) is 1.80. The lowest BCUT2D eigenvalue weighted by Gasteiger charge is -2.13. The first kappa shape index (κ1) is 17.0. The molecule has 8 heteroatoms. The molecule has 2 rings (SSSR count). The Bertz CT molecular complexity index is 761. The number of aryl methyl sites for hydroxylation is 1. The molecule has 0 saturated carbocycles. The molecule has 0 saturated heterocycles. The summed E-state index contributed by atoms with van der Waals surface area (Å²) in [5.74, 6) is -0.0174. The highest BCUT2D eigenvalue weighted by Gasteiger charge is 2.18. The second-order valence-electron chi connectivity index (χ2n) is 4.87. The number of aromatic nitrogens is 1. The van der Waals surface area contributed by atoms with E-state index >= 15 is 0 Å². The van der Waals surface area contributed by atoms with E-state index in [0.717, 1.165) is 0 Å². The van der Waals surface area contributed by atoms with Crippen LogP contribution < -0.4 is 10.1 Å². The largest absolute Gasteiger partial charge is 0.479 e. The molecule has 0 bridgehead atoms. The van der Waals surface area contributed by atoms with E-state index in [9.17, 15) is 9.59 Å². The number of carbonyl (C=O) groups is 2. The second kappa shape index (κ2) is 7.78. The molecule has 0 aliphatic rings. The van der Waals surface area contributed by atoms with Crippen LogP contribution in [0.15, 0.2) is 34.9 Å². The molecule has 2 aromatic rings. The second-order valence-corrected chi connectivity index (χ2v) is 4.87. The molecule has 0 fully saturated rings. The van der Waals surface area contributed by atoms with Crippen molar-refractivity contribution in [3.8, 4) is 11.8 Å². The fourth-order valence-corrected chi connectivity index (χ4v) is 1.72. The number of ether oxygens (including phenoxy) is 2. The molecule has 0 aliphatic heterocycles. The lowest BCUT2D eigenvalue weighted by atomic mass is 10.2. The number of benzene rings is 1. The van der Waals surface area contributed by atoms with Gasteiger partial charge in [0.25, 0.3) is 5.91 Å². The van der Waals surface area contributed by atoms with Crippen LogP contribution in [-0.4, -0.2) is 29.7 Å². The number of rotatable bonds is 6. The number of nitriles is 1. The summed E-state index contributed by atoms with van der Waals surface area (Å²) in [5.41, 5.74) is 0.484. The van der Waals surface area contributed by atoms with Crippen molar-refractivity contribution in [1.82, 2.24) is 5.16 Å². The summed E-state index contributed by atoms with van der Waals surface area (Å²) in [4.78, 5) is 23.5. The van der Waals surface area contributed by atoms with Gasteiger partial charge in [0.2, 0.25) is 0 Å². The molecule has 0 spiro atoms. The number of nitrogens with zero attached hydrogens (tertiary/aromatic N) is 2. The van der Waals surface area contributed by atoms with Crippen LogP contribution in [0.3, 0.4) is 0 Å². The van der Waals surface area contributed by atoms with Crippen molar-refractivity contribution in [1.29, 1.82) is 5.26 Å². The van der Waals surface area contributed by atoms with Crippen LogP contribution in [0.5, 0.6) is 5.75 Å². The van der Waals surface area contributed by atoms with Gasteiger partial charge in [-0.25, -0.2) is 4.79 Å². The van der Waals surface area contributed by atoms with Crippen LogP contribution in [0.25, 0.3) is 0 Å². The summed E-state index contributed by atoms with van der Waals surface area (Å²) in [6.07, 6.45) is -0.903. The molecular weight excluding hydrogens is 314 g/mol. The Labute approximate surface area is 138 Å². The summed E-state index contributed by atoms with van der Waals surface area (Å²) in [6.45, 7) is 2.72. The molecule has 1 aromatic carbocycles. The third-order valence-corrected chi connectivity index (χ3v) is 2.87. The monoisotopic (exact) mass is 329 g/mol. The minimum absolute atomic E-state index is 0.246. The SMILES string of the molecule is Cc1cc(NC(=O)COC(=O)[C@@H](C)Oc2ccc(C#N)cc2)no1. The Morgan fingerprint density at radius 1 is 1.38 bits per heavy atom. The van der Waals surface area contributed by atoms with Gasteiger partial charge < -0.3 is 19.3 Å². The average Bonchev–Trinajstić information content (AvgIpc) is 2.98. The number of esters is 1. The van der Waals surface area contributed by atoms with E-state index in [2.05, 4.69) is 10.5 Å². The number of anilines is 1. The van der Waals surface area contributed by atoms with E-state index < -0.39 is 24.6 Å². The third kappa shape index (κ3) is 4.84. The Morgan fingerprint density at radius 3 is 2.67 bits per heavy atom. The Morgan fingerprint density at radius 2 is 2.08 bits per heavy atom. The smallest absolute Gasteiger partial charge is 0.347 e. The van der Waals surface area contributed by atoms with Crippen molar-refractivity contribution in [3.05, 3.63) is 41.7 Å². The van der Waals surface area contributed by atoms with Crippen molar-refractivity contribution >= 4 is 17.7 Å². The van der Waals surface area contributed by atoms with Crippen molar-refractivity contribution in [2.75, 3.05) is 11.9 Å². The van der Waals surface area contributed by atoms with Crippen LogP contribution in [0.2, 0.25) is 0 Å². The number of hydrogen-bond donors (Lipinski definition) is 1. The number of nitrogens with one attached hydrogen (secondary N) is 1. The van der Waals surface area contributed by atoms with E-state index in [1.54, 1.807) is 31.2 Å². The quantitative estimate of drug-likeness (QED) is 0.804. The van der Waals surface area contributed by atoms with Gasteiger partial charge in [-0.15, -0.1) is 0 Å². The highest BCUT2D eigenvalue weighted by Crippen LogP contribution is 2.14. The lowest BCUT2D eigenvalue weighted by molar-refractivity contribution is -0.153. The first-order chi connectivity index (χ1) is 11.5. The van der Waals surface area contributed by atoms with Crippen LogP contribution in [0.4, 0.5) is 5.82 Å². The van der Waals surface area contributed by atoms with Gasteiger partial charge >= 0.3 is 5.97 Å². The summed E-state index contributed by atoms with van der Waals surface area (Å²) < 4.78 is 15.1. The highest BCUT2D eigenvalue weighted by molar-refractivity contribution is 5.92. The fourth-order valence-electron chi connectivity index (χ4n) is 1.72. The molecule has 0 unspecified atom stereocenters. The number of hydrogen-bond acceptors (Lipinski definition) is 7. The summed E-state index contributed by atoms with van der Waals surface area (Å²) in [6, 6.07) is 9.80. The fraction of sp³-hybridized carbons (Fsp3) is 0.250. The van der Waals surface area contributed by atoms with Gasteiger partial charge in [-0.2, -0.15) is 5.26 Å². The van der Waals surface area contributed by atoms with E-state index in [1.807, 2.05) is 6.07 Å². The molecule has 24 heavy (non-hydrogen) atoms. The van der Waals surface area contributed by atoms with Crippen LogP contribution in [-0.2, 0) is 14.3 Å². The van der Waals surface area contributed by atoms with Gasteiger partial charge in [0, 0.05) is 6.07 Å². The number of carbonyl (C=O) groups excluding carboxylic acids is 2. The minimum Gasteiger partial charge on any atom is -0.479 e. The van der Waals surface area contributed by atoms with Crippen molar-refractivity contribution < 1.29 is 23.6 Å². The maximum atomic E-state index is 11.8. The Hall–Kier alpha value is -3.34. The van der Waals surface area contributed by atoms with Gasteiger partial charge in [0.05, 0.1) is 11.6 Å². The molecule has 0 aliphatic carbocycles. The first-order valence-corrected chi connectivity index (χ1v) is 7.04. The third-order valence-electron chi connectivity index (χ3n) is 2.87. The van der Waals surface area contributed by atoms with Gasteiger partial charge in [0.1, 0.15) is 11.5 Å². The molecular formula is C16H15N3O5. The van der Waals surface area contributed by atoms with Gasteiger partial charge in [0.15, 0.2) is 18.5 Å². The normalized spacial score (nSPS) is 11.2. The molecule has 1 atom stereocenters. The number of amides is 1. The summed E-state index contributed by atoms with van der Waals surface area (Å²) >= 11 is 0.